The lowest BCUT2D eigenvalue weighted by molar-refractivity contribution is -0.140. The summed E-state index contributed by atoms with van der Waals surface area (Å²) in [6, 6.07) is 3.50. The Labute approximate surface area is 101 Å². The molecule has 0 saturated carbocycles. The molecule has 0 spiro atoms. The van der Waals surface area contributed by atoms with Crippen LogP contribution in [0.25, 0.3) is 0 Å². The van der Waals surface area contributed by atoms with E-state index in [1.165, 1.54) is 7.11 Å². The fourth-order valence-electron chi connectivity index (χ4n) is 1.86. The molecule has 0 fully saturated rings. The van der Waals surface area contributed by atoms with Gasteiger partial charge in [-0.25, -0.2) is 0 Å². The van der Waals surface area contributed by atoms with Gasteiger partial charge >= 0.3 is 5.97 Å². The molecule has 0 atom stereocenters. The maximum Gasteiger partial charge on any atom is 0.305 e. The van der Waals surface area contributed by atoms with Crippen molar-refractivity contribution in [3.63, 3.8) is 0 Å². The van der Waals surface area contributed by atoms with E-state index in [0.29, 0.717) is 18.4 Å². The normalized spacial score (nSPS) is 10.1. The van der Waals surface area contributed by atoms with E-state index < -0.39 is 5.91 Å². The molecule has 0 heterocycles. The van der Waals surface area contributed by atoms with Crippen LogP contribution < -0.4 is 5.73 Å². The fourth-order valence-corrected chi connectivity index (χ4v) is 1.86. The lowest BCUT2D eigenvalue weighted by Gasteiger charge is -2.10. The first-order valence-electron chi connectivity index (χ1n) is 5.42. The summed E-state index contributed by atoms with van der Waals surface area (Å²) in [6.45, 7) is 3.82. The molecular formula is C13H17NO3. The van der Waals surface area contributed by atoms with Crippen LogP contribution in [-0.2, 0) is 16.0 Å². The van der Waals surface area contributed by atoms with Crippen molar-refractivity contribution in [1.29, 1.82) is 0 Å². The van der Waals surface area contributed by atoms with E-state index in [9.17, 15) is 9.59 Å². The average Bonchev–Trinajstić information content (AvgIpc) is 2.27. The van der Waals surface area contributed by atoms with Gasteiger partial charge in [-0.15, -0.1) is 0 Å². The molecule has 1 amide bonds. The summed E-state index contributed by atoms with van der Waals surface area (Å²) in [5.74, 6) is -0.668. The van der Waals surface area contributed by atoms with Crippen LogP contribution in [0.4, 0.5) is 0 Å². The van der Waals surface area contributed by atoms with Crippen LogP contribution in [0, 0.1) is 13.8 Å². The molecule has 0 aliphatic rings. The van der Waals surface area contributed by atoms with Crippen molar-refractivity contribution in [1.82, 2.24) is 0 Å². The predicted molar refractivity (Wildman–Crippen MR) is 64.8 cm³/mol. The number of amides is 1. The van der Waals surface area contributed by atoms with Gasteiger partial charge in [0.25, 0.3) is 0 Å². The third-order valence-electron chi connectivity index (χ3n) is 2.79. The Morgan fingerprint density at radius 1 is 1.24 bits per heavy atom. The first-order valence-corrected chi connectivity index (χ1v) is 5.42. The van der Waals surface area contributed by atoms with Crippen LogP contribution in [0.2, 0.25) is 0 Å². The third kappa shape index (κ3) is 3.31. The minimum atomic E-state index is -0.435. The molecule has 1 aromatic carbocycles. The van der Waals surface area contributed by atoms with Crippen LogP contribution >= 0.6 is 0 Å². The molecule has 0 unspecified atom stereocenters. The standard InChI is InChI=1S/C13H17NO3/c1-8-6-10(13(14)16)7-9(2)11(8)4-5-12(15)17-3/h6-7H,4-5H2,1-3H3,(H2,14,16). The smallest absolute Gasteiger partial charge is 0.305 e. The number of primary amides is 1. The zero-order valence-corrected chi connectivity index (χ0v) is 10.4. The Kier molecular flexibility index (Phi) is 4.26. The van der Waals surface area contributed by atoms with Crippen molar-refractivity contribution in [3.05, 3.63) is 34.4 Å². The van der Waals surface area contributed by atoms with Crippen LogP contribution in [0.5, 0.6) is 0 Å². The van der Waals surface area contributed by atoms with E-state index in [1.807, 2.05) is 13.8 Å². The maximum atomic E-state index is 11.1. The minimum Gasteiger partial charge on any atom is -0.469 e. The summed E-state index contributed by atoms with van der Waals surface area (Å²) in [5.41, 5.74) is 8.75. The summed E-state index contributed by atoms with van der Waals surface area (Å²) in [5, 5.41) is 0. The Morgan fingerprint density at radius 2 is 1.76 bits per heavy atom. The Balaban J connectivity index is 2.94. The summed E-state index contributed by atoms with van der Waals surface area (Å²) in [4.78, 5) is 22.2. The summed E-state index contributed by atoms with van der Waals surface area (Å²) in [6.07, 6.45) is 0.956. The molecule has 0 aliphatic carbocycles. The van der Waals surface area contributed by atoms with Crippen molar-refractivity contribution in [2.45, 2.75) is 26.7 Å². The number of esters is 1. The molecule has 0 aromatic heterocycles. The molecule has 4 nitrogen and oxygen atoms in total. The summed E-state index contributed by atoms with van der Waals surface area (Å²) in [7, 11) is 1.37. The number of hydrogen-bond acceptors (Lipinski definition) is 3. The highest BCUT2D eigenvalue weighted by atomic mass is 16.5. The lowest BCUT2D eigenvalue weighted by atomic mass is 9.95. The molecule has 0 bridgehead atoms. The highest BCUT2D eigenvalue weighted by Crippen LogP contribution is 2.18. The van der Waals surface area contributed by atoms with E-state index >= 15 is 0 Å². The van der Waals surface area contributed by atoms with Crippen LogP contribution in [0.3, 0.4) is 0 Å². The molecule has 0 radical (unpaired) electrons. The number of rotatable bonds is 4. The van der Waals surface area contributed by atoms with E-state index in [4.69, 9.17) is 5.73 Å². The van der Waals surface area contributed by atoms with Gasteiger partial charge in [-0.2, -0.15) is 0 Å². The fraction of sp³-hybridized carbons (Fsp3) is 0.385. The zero-order chi connectivity index (χ0) is 13.0. The van der Waals surface area contributed by atoms with Gasteiger partial charge in [-0.3, -0.25) is 9.59 Å². The van der Waals surface area contributed by atoms with Crippen molar-refractivity contribution < 1.29 is 14.3 Å². The van der Waals surface area contributed by atoms with Gasteiger partial charge in [0.15, 0.2) is 0 Å². The van der Waals surface area contributed by atoms with Gasteiger partial charge in [0.2, 0.25) is 5.91 Å². The monoisotopic (exact) mass is 235 g/mol. The van der Waals surface area contributed by atoms with Gasteiger partial charge in [0, 0.05) is 12.0 Å². The van der Waals surface area contributed by atoms with Gasteiger partial charge in [-0.05, 0) is 49.1 Å². The minimum absolute atomic E-state index is 0.234. The molecule has 0 saturated heterocycles. The quantitative estimate of drug-likeness (QED) is 0.804. The number of benzene rings is 1. The largest absolute Gasteiger partial charge is 0.469 e. The van der Waals surface area contributed by atoms with E-state index in [2.05, 4.69) is 4.74 Å². The molecule has 17 heavy (non-hydrogen) atoms. The van der Waals surface area contributed by atoms with Crippen molar-refractivity contribution in [2.75, 3.05) is 7.11 Å². The van der Waals surface area contributed by atoms with Crippen LogP contribution in [0.15, 0.2) is 12.1 Å². The summed E-state index contributed by atoms with van der Waals surface area (Å²) >= 11 is 0. The number of methoxy groups -OCH3 is 1. The highest BCUT2D eigenvalue weighted by Gasteiger charge is 2.10. The number of carbonyl (C=O) groups excluding carboxylic acids is 2. The van der Waals surface area contributed by atoms with E-state index in [-0.39, 0.29) is 5.97 Å². The van der Waals surface area contributed by atoms with E-state index in [0.717, 1.165) is 16.7 Å². The Hall–Kier alpha value is -1.84. The second kappa shape index (κ2) is 5.48. The number of aryl methyl sites for hydroxylation is 2. The van der Waals surface area contributed by atoms with Crippen LogP contribution in [0.1, 0.15) is 33.5 Å². The highest BCUT2D eigenvalue weighted by molar-refractivity contribution is 5.93. The molecule has 1 rings (SSSR count). The topological polar surface area (TPSA) is 69.4 Å². The second-order valence-corrected chi connectivity index (χ2v) is 4.03. The molecule has 4 heteroatoms. The SMILES string of the molecule is COC(=O)CCc1c(C)cc(C(N)=O)cc1C. The van der Waals surface area contributed by atoms with E-state index in [1.54, 1.807) is 12.1 Å². The number of nitrogens with two attached hydrogens (primary N) is 1. The predicted octanol–water partition coefficient (Wildman–Crippen LogP) is 1.51. The maximum absolute atomic E-state index is 11.1. The zero-order valence-electron chi connectivity index (χ0n) is 10.4. The third-order valence-corrected chi connectivity index (χ3v) is 2.79. The molecule has 0 aliphatic heterocycles. The van der Waals surface area contributed by atoms with Crippen LogP contribution in [-0.4, -0.2) is 19.0 Å². The van der Waals surface area contributed by atoms with Crippen molar-refractivity contribution >= 4 is 11.9 Å². The Bertz CT molecular complexity index is 429. The van der Waals surface area contributed by atoms with Gasteiger partial charge in [-0.1, -0.05) is 0 Å². The van der Waals surface area contributed by atoms with Gasteiger partial charge in [0.1, 0.15) is 0 Å². The second-order valence-electron chi connectivity index (χ2n) is 4.03. The van der Waals surface area contributed by atoms with Crippen molar-refractivity contribution in [2.24, 2.45) is 5.73 Å². The van der Waals surface area contributed by atoms with Gasteiger partial charge in [0.05, 0.1) is 7.11 Å². The summed E-state index contributed by atoms with van der Waals surface area (Å²) < 4.78 is 4.60. The molecule has 2 N–H and O–H groups in total. The Morgan fingerprint density at radius 3 is 2.18 bits per heavy atom. The molecule has 92 valence electrons. The lowest BCUT2D eigenvalue weighted by Crippen LogP contribution is -2.12. The first kappa shape index (κ1) is 13.2. The molecule has 1 aromatic rings. The van der Waals surface area contributed by atoms with Gasteiger partial charge < -0.3 is 10.5 Å². The average molecular weight is 235 g/mol. The number of carbonyl (C=O) groups is 2. The first-order chi connectivity index (χ1) is 7.95. The number of hydrogen-bond donors (Lipinski definition) is 1. The molecular weight excluding hydrogens is 218 g/mol. The van der Waals surface area contributed by atoms with Crippen molar-refractivity contribution in [3.8, 4) is 0 Å². The number of ether oxygens (including phenoxy) is 1.